The Morgan fingerprint density at radius 3 is 2.65 bits per heavy atom. The zero-order valence-electron chi connectivity index (χ0n) is 10.1. The summed E-state index contributed by atoms with van der Waals surface area (Å²) in [5.74, 6) is 0.789. The first-order valence-electron chi connectivity index (χ1n) is 5.68. The normalized spacial score (nSPS) is 10.4. The Labute approximate surface area is 102 Å². The van der Waals surface area contributed by atoms with Gasteiger partial charge in [-0.3, -0.25) is 0 Å². The summed E-state index contributed by atoms with van der Waals surface area (Å²) in [5, 5.41) is 8.63. The molecule has 1 rings (SSSR count). The molecule has 0 aliphatic rings. The molecule has 0 amide bonds. The lowest BCUT2D eigenvalue weighted by atomic mass is 10.2. The predicted molar refractivity (Wildman–Crippen MR) is 66.9 cm³/mol. The van der Waals surface area contributed by atoms with Crippen molar-refractivity contribution in [3.05, 3.63) is 42.0 Å². The van der Waals surface area contributed by atoms with E-state index in [4.69, 9.17) is 14.7 Å². The number of rotatable bonds is 7. The molecule has 0 radical (unpaired) electrons. The first-order chi connectivity index (χ1) is 8.36. The third-order valence-electron chi connectivity index (χ3n) is 2.13. The van der Waals surface area contributed by atoms with Crippen LogP contribution in [0.25, 0.3) is 0 Å². The van der Waals surface area contributed by atoms with Gasteiger partial charge in [-0.25, -0.2) is 0 Å². The molecule has 3 heteroatoms. The van der Waals surface area contributed by atoms with Gasteiger partial charge in [-0.2, -0.15) is 5.26 Å². The van der Waals surface area contributed by atoms with Crippen LogP contribution in [0.1, 0.15) is 18.9 Å². The van der Waals surface area contributed by atoms with Crippen LogP contribution in [0.5, 0.6) is 5.75 Å². The lowest BCUT2D eigenvalue weighted by molar-refractivity contribution is 0.143. The molecule has 0 saturated carbocycles. The Bertz CT molecular complexity index is 376. The van der Waals surface area contributed by atoms with Gasteiger partial charge >= 0.3 is 0 Å². The molecule has 1 aromatic rings. The topological polar surface area (TPSA) is 42.2 Å². The molecule has 0 N–H and O–H groups in total. The van der Waals surface area contributed by atoms with E-state index in [1.54, 1.807) is 24.3 Å². The summed E-state index contributed by atoms with van der Waals surface area (Å²) in [4.78, 5) is 0. The van der Waals surface area contributed by atoms with Gasteiger partial charge in [0.05, 0.1) is 31.5 Å². The Kier molecular flexibility index (Phi) is 6.54. The SMILES string of the molecule is CC=CCOCCCOc1ccc(C#N)cc1. The minimum atomic E-state index is 0.627. The maximum absolute atomic E-state index is 8.63. The molecule has 0 aliphatic heterocycles. The van der Waals surface area contributed by atoms with Crippen LogP contribution >= 0.6 is 0 Å². The van der Waals surface area contributed by atoms with Gasteiger partial charge in [0.15, 0.2) is 0 Å². The molecule has 1 aromatic carbocycles. The molecular weight excluding hydrogens is 214 g/mol. The van der Waals surface area contributed by atoms with E-state index in [0.717, 1.165) is 12.2 Å². The van der Waals surface area contributed by atoms with Gasteiger partial charge in [0.1, 0.15) is 5.75 Å². The second kappa shape index (κ2) is 8.37. The number of benzene rings is 1. The first-order valence-corrected chi connectivity index (χ1v) is 5.68. The number of ether oxygens (including phenoxy) is 2. The zero-order valence-corrected chi connectivity index (χ0v) is 10.1. The maximum atomic E-state index is 8.63. The number of nitrogens with zero attached hydrogens (tertiary/aromatic N) is 1. The number of nitriles is 1. The van der Waals surface area contributed by atoms with Gasteiger partial charge in [-0.1, -0.05) is 12.2 Å². The van der Waals surface area contributed by atoms with Crippen molar-refractivity contribution in [1.29, 1.82) is 5.26 Å². The van der Waals surface area contributed by atoms with Crippen LogP contribution < -0.4 is 4.74 Å². The summed E-state index contributed by atoms with van der Waals surface area (Å²) in [6.07, 6.45) is 4.80. The van der Waals surface area contributed by atoms with E-state index >= 15 is 0 Å². The molecule has 0 spiro atoms. The summed E-state index contributed by atoms with van der Waals surface area (Å²) in [6, 6.07) is 9.17. The molecule has 0 bridgehead atoms. The highest BCUT2D eigenvalue weighted by molar-refractivity contribution is 5.34. The highest BCUT2D eigenvalue weighted by Crippen LogP contribution is 2.11. The van der Waals surface area contributed by atoms with E-state index < -0.39 is 0 Å². The summed E-state index contributed by atoms with van der Waals surface area (Å²) < 4.78 is 10.8. The van der Waals surface area contributed by atoms with Gasteiger partial charge in [0.25, 0.3) is 0 Å². The highest BCUT2D eigenvalue weighted by atomic mass is 16.5. The third-order valence-corrected chi connectivity index (χ3v) is 2.13. The summed E-state index contributed by atoms with van der Waals surface area (Å²) >= 11 is 0. The molecule has 0 unspecified atom stereocenters. The van der Waals surface area contributed by atoms with Gasteiger partial charge < -0.3 is 9.47 Å². The highest BCUT2D eigenvalue weighted by Gasteiger charge is 1.94. The molecule has 0 fully saturated rings. The van der Waals surface area contributed by atoms with Crippen LogP contribution in [0.15, 0.2) is 36.4 Å². The molecule has 0 aromatic heterocycles. The van der Waals surface area contributed by atoms with E-state index in [0.29, 0.717) is 25.4 Å². The monoisotopic (exact) mass is 231 g/mol. The van der Waals surface area contributed by atoms with Crippen LogP contribution in [0.4, 0.5) is 0 Å². The van der Waals surface area contributed by atoms with E-state index in [9.17, 15) is 0 Å². The van der Waals surface area contributed by atoms with Gasteiger partial charge in [0, 0.05) is 6.42 Å². The zero-order chi connectivity index (χ0) is 12.3. The Morgan fingerprint density at radius 2 is 2.00 bits per heavy atom. The molecule has 0 saturated heterocycles. The maximum Gasteiger partial charge on any atom is 0.119 e. The van der Waals surface area contributed by atoms with Crippen LogP contribution in [-0.2, 0) is 4.74 Å². The average Bonchev–Trinajstić information content (AvgIpc) is 2.38. The van der Waals surface area contributed by atoms with Gasteiger partial charge in [0.2, 0.25) is 0 Å². The minimum Gasteiger partial charge on any atom is -0.494 e. The molecule has 0 aliphatic carbocycles. The lowest BCUT2D eigenvalue weighted by Gasteiger charge is -2.05. The van der Waals surface area contributed by atoms with E-state index in [-0.39, 0.29) is 0 Å². The van der Waals surface area contributed by atoms with Crippen molar-refractivity contribution in [1.82, 2.24) is 0 Å². The van der Waals surface area contributed by atoms with Crippen molar-refractivity contribution in [3.63, 3.8) is 0 Å². The van der Waals surface area contributed by atoms with E-state index in [1.165, 1.54) is 0 Å². The number of allylic oxidation sites excluding steroid dienone is 1. The summed E-state index contributed by atoms with van der Waals surface area (Å²) in [6.45, 7) is 3.95. The van der Waals surface area contributed by atoms with Gasteiger partial charge in [-0.05, 0) is 31.2 Å². The van der Waals surface area contributed by atoms with Crippen molar-refractivity contribution >= 4 is 0 Å². The average molecular weight is 231 g/mol. The van der Waals surface area contributed by atoms with E-state index in [1.807, 2.05) is 19.1 Å². The Balaban J connectivity index is 2.12. The summed E-state index contributed by atoms with van der Waals surface area (Å²) in [5.41, 5.74) is 0.645. The Morgan fingerprint density at radius 1 is 1.24 bits per heavy atom. The fourth-order valence-electron chi connectivity index (χ4n) is 1.22. The van der Waals surface area contributed by atoms with E-state index in [2.05, 4.69) is 6.07 Å². The van der Waals surface area contributed by atoms with Crippen molar-refractivity contribution in [3.8, 4) is 11.8 Å². The van der Waals surface area contributed by atoms with Crippen molar-refractivity contribution in [2.75, 3.05) is 19.8 Å². The summed E-state index contributed by atoms with van der Waals surface area (Å²) in [7, 11) is 0. The molecule has 17 heavy (non-hydrogen) atoms. The minimum absolute atomic E-state index is 0.627. The van der Waals surface area contributed by atoms with Gasteiger partial charge in [-0.15, -0.1) is 0 Å². The standard InChI is InChI=1S/C14H17NO2/c1-2-3-9-16-10-4-11-17-14-7-5-13(12-15)6-8-14/h2-3,5-8H,4,9-11H2,1H3. The van der Waals surface area contributed by atoms with Crippen molar-refractivity contribution < 1.29 is 9.47 Å². The number of hydrogen-bond acceptors (Lipinski definition) is 3. The van der Waals surface area contributed by atoms with Crippen LogP contribution in [-0.4, -0.2) is 19.8 Å². The predicted octanol–water partition coefficient (Wildman–Crippen LogP) is 2.92. The molecular formula is C14H17NO2. The molecule has 3 nitrogen and oxygen atoms in total. The molecule has 0 heterocycles. The third kappa shape index (κ3) is 5.74. The quantitative estimate of drug-likeness (QED) is 0.535. The van der Waals surface area contributed by atoms with Crippen LogP contribution in [0.2, 0.25) is 0 Å². The Hall–Kier alpha value is -1.79. The smallest absolute Gasteiger partial charge is 0.119 e. The lowest BCUT2D eigenvalue weighted by Crippen LogP contribution is -2.03. The second-order valence-electron chi connectivity index (χ2n) is 3.48. The van der Waals surface area contributed by atoms with Crippen molar-refractivity contribution in [2.45, 2.75) is 13.3 Å². The van der Waals surface area contributed by atoms with Crippen LogP contribution in [0, 0.1) is 11.3 Å². The van der Waals surface area contributed by atoms with Crippen molar-refractivity contribution in [2.24, 2.45) is 0 Å². The fourth-order valence-corrected chi connectivity index (χ4v) is 1.22. The molecule has 90 valence electrons. The first kappa shape index (κ1) is 13.3. The second-order valence-corrected chi connectivity index (χ2v) is 3.48. The largest absolute Gasteiger partial charge is 0.494 e. The van der Waals surface area contributed by atoms with Crippen LogP contribution in [0.3, 0.4) is 0 Å². The number of hydrogen-bond donors (Lipinski definition) is 0. The molecule has 0 atom stereocenters. The fraction of sp³-hybridized carbons (Fsp3) is 0.357.